The SMILES string of the molecule is OC(CNCc1ccccc1)C(O)(Cc1cc(F)ccc1-c1ccccc1)C1CCCC1. The second kappa shape index (κ2) is 10.4. The van der Waals surface area contributed by atoms with Crippen LogP contribution in [0.15, 0.2) is 78.9 Å². The molecule has 168 valence electrons. The molecule has 0 spiro atoms. The van der Waals surface area contributed by atoms with Gasteiger partial charge in [-0.25, -0.2) is 4.39 Å². The maximum Gasteiger partial charge on any atom is 0.123 e. The number of aliphatic hydroxyl groups is 2. The molecule has 1 aliphatic carbocycles. The van der Waals surface area contributed by atoms with Gasteiger partial charge in [0.25, 0.3) is 0 Å². The standard InChI is InChI=1S/C28H32FNO2/c29-25-15-16-26(22-11-5-2-6-12-22)23(17-25)18-28(32,24-13-7-8-14-24)27(31)20-30-19-21-9-3-1-4-10-21/h1-6,9-12,15-17,24,27,30-32H,7-8,13-14,18-20H2. The van der Waals surface area contributed by atoms with E-state index < -0.39 is 11.7 Å². The first-order chi connectivity index (χ1) is 15.6. The Morgan fingerprint density at radius 3 is 2.28 bits per heavy atom. The molecule has 2 atom stereocenters. The first kappa shape index (κ1) is 22.7. The lowest BCUT2D eigenvalue weighted by Gasteiger charge is -2.39. The lowest BCUT2D eigenvalue weighted by Crippen LogP contribution is -2.53. The summed E-state index contributed by atoms with van der Waals surface area (Å²) in [5, 5.41) is 26.4. The summed E-state index contributed by atoms with van der Waals surface area (Å²) in [6.07, 6.45) is 3.11. The van der Waals surface area contributed by atoms with Crippen molar-refractivity contribution in [3.05, 3.63) is 95.8 Å². The minimum atomic E-state index is -1.32. The molecule has 0 aromatic heterocycles. The molecule has 0 bridgehead atoms. The maximum absolute atomic E-state index is 14.3. The summed E-state index contributed by atoms with van der Waals surface area (Å²) in [5.41, 5.74) is 2.41. The Hall–Kier alpha value is -2.53. The molecule has 4 heteroatoms. The van der Waals surface area contributed by atoms with Gasteiger partial charge in [-0.15, -0.1) is 0 Å². The number of aliphatic hydroxyl groups excluding tert-OH is 1. The lowest BCUT2D eigenvalue weighted by atomic mass is 9.75. The summed E-state index contributed by atoms with van der Waals surface area (Å²) in [4.78, 5) is 0. The van der Waals surface area contributed by atoms with E-state index in [4.69, 9.17) is 0 Å². The second-order valence-electron chi connectivity index (χ2n) is 8.95. The monoisotopic (exact) mass is 433 g/mol. The van der Waals surface area contributed by atoms with E-state index in [1.165, 1.54) is 12.1 Å². The number of hydrogen-bond acceptors (Lipinski definition) is 3. The number of hydrogen-bond donors (Lipinski definition) is 3. The van der Waals surface area contributed by atoms with Crippen LogP contribution in [0.4, 0.5) is 4.39 Å². The van der Waals surface area contributed by atoms with Gasteiger partial charge in [-0.05, 0) is 53.1 Å². The topological polar surface area (TPSA) is 52.5 Å². The van der Waals surface area contributed by atoms with Gasteiger partial charge in [0.15, 0.2) is 0 Å². The number of halogens is 1. The average molecular weight is 434 g/mol. The third-order valence-corrected chi connectivity index (χ3v) is 6.77. The van der Waals surface area contributed by atoms with Gasteiger partial charge in [0.05, 0.1) is 11.7 Å². The first-order valence-electron chi connectivity index (χ1n) is 11.6. The number of rotatable bonds is 9. The molecule has 3 aromatic rings. The Balaban J connectivity index is 1.57. The van der Waals surface area contributed by atoms with E-state index in [-0.39, 0.29) is 24.7 Å². The minimum Gasteiger partial charge on any atom is -0.389 e. The summed E-state index contributed by atoms with van der Waals surface area (Å²) in [5.74, 6) is -0.340. The Morgan fingerprint density at radius 2 is 1.59 bits per heavy atom. The Kier molecular flexibility index (Phi) is 7.36. The van der Waals surface area contributed by atoms with Crippen LogP contribution in [-0.4, -0.2) is 28.5 Å². The summed E-state index contributed by atoms with van der Waals surface area (Å²) >= 11 is 0. The van der Waals surface area contributed by atoms with Crippen molar-refractivity contribution in [2.45, 2.75) is 50.4 Å². The average Bonchev–Trinajstić information content (AvgIpc) is 3.36. The van der Waals surface area contributed by atoms with Crippen LogP contribution in [0.2, 0.25) is 0 Å². The van der Waals surface area contributed by atoms with E-state index in [1.807, 2.05) is 60.7 Å². The van der Waals surface area contributed by atoms with Gasteiger partial charge >= 0.3 is 0 Å². The van der Waals surface area contributed by atoms with Crippen LogP contribution in [0, 0.1) is 11.7 Å². The molecule has 0 radical (unpaired) electrons. The van der Waals surface area contributed by atoms with E-state index in [2.05, 4.69) is 5.32 Å². The second-order valence-corrected chi connectivity index (χ2v) is 8.95. The molecule has 0 saturated heterocycles. The summed E-state index contributed by atoms with van der Waals surface area (Å²) < 4.78 is 14.3. The van der Waals surface area contributed by atoms with E-state index in [9.17, 15) is 14.6 Å². The van der Waals surface area contributed by atoms with Gasteiger partial charge in [-0.3, -0.25) is 0 Å². The zero-order valence-corrected chi connectivity index (χ0v) is 18.4. The Labute approximate surface area is 189 Å². The molecular weight excluding hydrogens is 401 g/mol. The molecule has 0 amide bonds. The molecule has 0 aliphatic heterocycles. The van der Waals surface area contributed by atoms with E-state index in [0.29, 0.717) is 6.54 Å². The van der Waals surface area contributed by atoms with Crippen LogP contribution >= 0.6 is 0 Å². The van der Waals surface area contributed by atoms with Crippen molar-refractivity contribution in [2.24, 2.45) is 5.92 Å². The highest BCUT2D eigenvalue weighted by atomic mass is 19.1. The largest absolute Gasteiger partial charge is 0.389 e. The van der Waals surface area contributed by atoms with Gasteiger partial charge in [-0.2, -0.15) is 0 Å². The third kappa shape index (κ3) is 5.26. The van der Waals surface area contributed by atoms with Crippen LogP contribution in [-0.2, 0) is 13.0 Å². The van der Waals surface area contributed by atoms with Crippen molar-refractivity contribution >= 4 is 0 Å². The smallest absolute Gasteiger partial charge is 0.123 e. The van der Waals surface area contributed by atoms with Crippen molar-refractivity contribution < 1.29 is 14.6 Å². The normalized spacial score (nSPS) is 17.2. The molecular formula is C28H32FNO2. The van der Waals surface area contributed by atoms with E-state index >= 15 is 0 Å². The van der Waals surface area contributed by atoms with Crippen molar-refractivity contribution in [1.29, 1.82) is 0 Å². The summed E-state index contributed by atoms with van der Waals surface area (Å²) in [6, 6.07) is 24.6. The van der Waals surface area contributed by atoms with Crippen molar-refractivity contribution in [3.63, 3.8) is 0 Å². The molecule has 1 saturated carbocycles. The molecule has 1 aliphatic rings. The number of nitrogens with one attached hydrogen (secondary N) is 1. The molecule has 1 fully saturated rings. The van der Waals surface area contributed by atoms with Gasteiger partial charge in [0.1, 0.15) is 5.82 Å². The molecule has 2 unspecified atom stereocenters. The van der Waals surface area contributed by atoms with E-state index in [1.54, 1.807) is 6.07 Å². The quantitative estimate of drug-likeness (QED) is 0.440. The highest BCUT2D eigenvalue weighted by Crippen LogP contribution is 2.40. The molecule has 0 heterocycles. The predicted octanol–water partition coefficient (Wildman–Crippen LogP) is 5.11. The highest BCUT2D eigenvalue weighted by Gasteiger charge is 2.44. The van der Waals surface area contributed by atoms with Gasteiger partial charge in [0.2, 0.25) is 0 Å². The molecule has 3 nitrogen and oxygen atoms in total. The third-order valence-electron chi connectivity index (χ3n) is 6.77. The first-order valence-corrected chi connectivity index (χ1v) is 11.6. The van der Waals surface area contributed by atoms with Gasteiger partial charge in [-0.1, -0.05) is 79.6 Å². The zero-order chi connectivity index (χ0) is 22.4. The molecule has 4 rings (SSSR count). The fourth-order valence-electron chi connectivity index (χ4n) is 5.00. The highest BCUT2D eigenvalue weighted by molar-refractivity contribution is 5.67. The van der Waals surface area contributed by atoms with Crippen molar-refractivity contribution in [1.82, 2.24) is 5.32 Å². The zero-order valence-electron chi connectivity index (χ0n) is 18.4. The number of benzene rings is 3. The minimum absolute atomic E-state index is 0.0112. The lowest BCUT2D eigenvalue weighted by molar-refractivity contribution is -0.111. The fourth-order valence-corrected chi connectivity index (χ4v) is 5.00. The summed E-state index contributed by atoms with van der Waals surface area (Å²) in [6.45, 7) is 0.895. The molecule has 32 heavy (non-hydrogen) atoms. The van der Waals surface area contributed by atoms with Crippen LogP contribution < -0.4 is 5.32 Å². The van der Waals surface area contributed by atoms with Crippen LogP contribution in [0.1, 0.15) is 36.8 Å². The van der Waals surface area contributed by atoms with Gasteiger partial charge < -0.3 is 15.5 Å². The Bertz CT molecular complexity index is 989. The predicted molar refractivity (Wildman–Crippen MR) is 127 cm³/mol. The fraction of sp³-hybridized carbons (Fsp3) is 0.357. The van der Waals surface area contributed by atoms with Crippen molar-refractivity contribution in [3.8, 4) is 11.1 Å². The Morgan fingerprint density at radius 1 is 0.938 bits per heavy atom. The maximum atomic E-state index is 14.3. The van der Waals surface area contributed by atoms with Crippen LogP contribution in [0.5, 0.6) is 0 Å². The van der Waals surface area contributed by atoms with Crippen LogP contribution in [0.3, 0.4) is 0 Å². The van der Waals surface area contributed by atoms with Gasteiger partial charge in [0, 0.05) is 19.5 Å². The van der Waals surface area contributed by atoms with Crippen molar-refractivity contribution in [2.75, 3.05) is 6.54 Å². The van der Waals surface area contributed by atoms with E-state index in [0.717, 1.165) is 47.9 Å². The summed E-state index contributed by atoms with van der Waals surface area (Å²) in [7, 11) is 0. The molecule has 3 aromatic carbocycles. The molecule has 3 N–H and O–H groups in total. The van der Waals surface area contributed by atoms with Crippen LogP contribution in [0.25, 0.3) is 11.1 Å².